The summed E-state index contributed by atoms with van der Waals surface area (Å²) < 4.78 is 36.7. The van der Waals surface area contributed by atoms with Gasteiger partial charge in [-0.15, -0.1) is 0 Å². The summed E-state index contributed by atoms with van der Waals surface area (Å²) in [4.78, 5) is 10.7. The van der Waals surface area contributed by atoms with Crippen LogP contribution in [-0.4, -0.2) is 20.6 Å². The van der Waals surface area contributed by atoms with Crippen molar-refractivity contribution in [2.45, 2.75) is 24.7 Å². The molecule has 17 heavy (non-hydrogen) atoms. The predicted octanol–water partition coefficient (Wildman–Crippen LogP) is 1.45. The van der Waals surface area contributed by atoms with Gasteiger partial charge in [0.2, 0.25) is 0 Å². The van der Waals surface area contributed by atoms with Crippen LogP contribution in [0.2, 0.25) is 0 Å². The lowest BCUT2D eigenvalue weighted by Crippen LogP contribution is -2.18. The van der Waals surface area contributed by atoms with Crippen molar-refractivity contribution in [2.75, 3.05) is 6.26 Å². The first-order chi connectivity index (χ1) is 7.64. The lowest BCUT2D eigenvalue weighted by Gasteiger charge is -2.11. The van der Waals surface area contributed by atoms with Gasteiger partial charge in [0.05, 0.1) is 10.5 Å². The van der Waals surface area contributed by atoms with Crippen molar-refractivity contribution in [3.63, 3.8) is 0 Å². The second kappa shape index (κ2) is 4.44. The van der Waals surface area contributed by atoms with Crippen molar-refractivity contribution >= 4 is 15.7 Å². The number of rotatable bonds is 3. The molecule has 0 saturated heterocycles. The van der Waals surface area contributed by atoms with Crippen molar-refractivity contribution < 1.29 is 17.6 Å². The fraction of sp³-hybridized carbons (Fsp3) is 0.364. The summed E-state index contributed by atoms with van der Waals surface area (Å²) in [5.41, 5.74) is 4.93. The Kier molecular flexibility index (Phi) is 3.56. The molecule has 0 radical (unpaired) electrons. The smallest absolute Gasteiger partial charge is 0.253 e. The first-order valence-electron chi connectivity index (χ1n) is 4.98. The second-order valence-electron chi connectivity index (χ2n) is 4.17. The summed E-state index contributed by atoms with van der Waals surface area (Å²) >= 11 is 0. The van der Waals surface area contributed by atoms with E-state index in [0.29, 0.717) is 5.56 Å². The molecule has 6 heteroatoms. The number of primary amides is 1. The Hall–Kier alpha value is -1.43. The zero-order chi connectivity index (χ0) is 13.4. The highest BCUT2D eigenvalue weighted by Gasteiger charge is 2.23. The van der Waals surface area contributed by atoms with Crippen LogP contribution in [0.3, 0.4) is 0 Å². The van der Waals surface area contributed by atoms with E-state index in [9.17, 15) is 17.6 Å². The minimum Gasteiger partial charge on any atom is -0.365 e. The van der Waals surface area contributed by atoms with Crippen LogP contribution >= 0.6 is 0 Å². The van der Waals surface area contributed by atoms with Crippen LogP contribution < -0.4 is 5.73 Å². The van der Waals surface area contributed by atoms with E-state index in [0.717, 1.165) is 12.3 Å². The van der Waals surface area contributed by atoms with E-state index in [4.69, 9.17) is 5.73 Å². The zero-order valence-electron chi connectivity index (χ0n) is 9.82. The largest absolute Gasteiger partial charge is 0.365 e. The number of benzene rings is 1. The summed E-state index contributed by atoms with van der Waals surface area (Å²) in [5.74, 6) is -2.03. The van der Waals surface area contributed by atoms with Gasteiger partial charge in [0.1, 0.15) is 5.82 Å². The monoisotopic (exact) mass is 259 g/mol. The van der Waals surface area contributed by atoms with Crippen molar-refractivity contribution in [1.82, 2.24) is 0 Å². The van der Waals surface area contributed by atoms with Crippen molar-refractivity contribution in [2.24, 2.45) is 5.73 Å². The highest BCUT2D eigenvalue weighted by atomic mass is 32.2. The van der Waals surface area contributed by atoms with Gasteiger partial charge in [-0.2, -0.15) is 0 Å². The first kappa shape index (κ1) is 13.6. The fourth-order valence-corrected chi connectivity index (χ4v) is 2.39. The Bertz CT molecular complexity index is 564. The van der Waals surface area contributed by atoms with Crippen molar-refractivity contribution in [1.29, 1.82) is 0 Å². The number of nitrogens with two attached hydrogens (primary N) is 1. The molecule has 0 aliphatic carbocycles. The van der Waals surface area contributed by atoms with Crippen LogP contribution in [0, 0.1) is 5.82 Å². The van der Waals surface area contributed by atoms with Gasteiger partial charge in [0.15, 0.2) is 9.84 Å². The Morgan fingerprint density at radius 2 is 1.88 bits per heavy atom. The molecular weight excluding hydrogens is 245 g/mol. The molecule has 94 valence electrons. The van der Waals surface area contributed by atoms with Gasteiger partial charge in [0, 0.05) is 6.26 Å². The maximum Gasteiger partial charge on any atom is 0.253 e. The maximum absolute atomic E-state index is 13.7. The lowest BCUT2D eigenvalue weighted by molar-refractivity contribution is 0.0993. The molecule has 1 aromatic rings. The van der Waals surface area contributed by atoms with E-state index in [2.05, 4.69) is 0 Å². The van der Waals surface area contributed by atoms with Crippen molar-refractivity contribution in [3.8, 4) is 0 Å². The van der Waals surface area contributed by atoms with Crippen LogP contribution in [0.1, 0.15) is 35.7 Å². The molecule has 0 unspecified atom stereocenters. The Morgan fingerprint density at radius 3 is 2.24 bits per heavy atom. The highest BCUT2D eigenvalue weighted by molar-refractivity contribution is 7.90. The predicted molar refractivity (Wildman–Crippen MR) is 62.1 cm³/mol. The molecule has 0 aliphatic rings. The zero-order valence-corrected chi connectivity index (χ0v) is 10.6. The number of carbonyl (C=O) groups is 1. The summed E-state index contributed by atoms with van der Waals surface area (Å²) in [6, 6.07) is 2.43. The molecule has 0 bridgehead atoms. The topological polar surface area (TPSA) is 77.2 Å². The lowest BCUT2D eigenvalue weighted by atomic mass is 10.0. The van der Waals surface area contributed by atoms with Crippen LogP contribution in [0.4, 0.5) is 4.39 Å². The summed E-state index contributed by atoms with van der Waals surface area (Å²) in [5, 5.41) is 0. The van der Waals surface area contributed by atoms with Crippen LogP contribution in [-0.2, 0) is 9.84 Å². The van der Waals surface area contributed by atoms with Gasteiger partial charge >= 0.3 is 0 Å². The van der Waals surface area contributed by atoms with E-state index >= 15 is 0 Å². The molecule has 0 atom stereocenters. The molecule has 0 aliphatic heterocycles. The average molecular weight is 259 g/mol. The molecule has 2 N–H and O–H groups in total. The molecule has 0 aromatic heterocycles. The van der Waals surface area contributed by atoms with E-state index in [1.807, 2.05) is 0 Å². The Balaban J connectivity index is 3.69. The summed E-state index contributed by atoms with van der Waals surface area (Å²) in [6.45, 7) is 3.59. The molecule has 0 saturated carbocycles. The van der Waals surface area contributed by atoms with Gasteiger partial charge in [0.25, 0.3) is 5.91 Å². The first-order valence-corrected chi connectivity index (χ1v) is 6.87. The maximum atomic E-state index is 13.7. The molecule has 0 spiro atoms. The van der Waals surface area contributed by atoms with E-state index < -0.39 is 27.1 Å². The van der Waals surface area contributed by atoms with E-state index in [1.54, 1.807) is 13.8 Å². The van der Waals surface area contributed by atoms with Gasteiger partial charge in [-0.05, 0) is 23.6 Å². The number of hydrogen-bond acceptors (Lipinski definition) is 3. The molecular formula is C11H14FNO3S. The molecule has 1 aromatic carbocycles. The number of halogens is 1. The van der Waals surface area contributed by atoms with Gasteiger partial charge in [-0.1, -0.05) is 13.8 Å². The third kappa shape index (κ3) is 2.82. The normalized spacial score (nSPS) is 11.8. The number of amides is 1. The van der Waals surface area contributed by atoms with Crippen LogP contribution in [0.15, 0.2) is 17.0 Å². The van der Waals surface area contributed by atoms with Gasteiger partial charge < -0.3 is 5.73 Å². The SMILES string of the molecule is CC(C)c1cc(F)c(C(N)=O)c(S(C)(=O)=O)c1. The van der Waals surface area contributed by atoms with E-state index in [-0.39, 0.29) is 10.8 Å². The van der Waals surface area contributed by atoms with Gasteiger partial charge in [-0.3, -0.25) is 4.79 Å². The van der Waals surface area contributed by atoms with E-state index in [1.165, 1.54) is 6.07 Å². The minimum atomic E-state index is -3.70. The Morgan fingerprint density at radius 1 is 1.35 bits per heavy atom. The molecule has 0 heterocycles. The number of carbonyl (C=O) groups excluding carboxylic acids is 1. The number of hydrogen-bond donors (Lipinski definition) is 1. The van der Waals surface area contributed by atoms with Crippen molar-refractivity contribution in [3.05, 3.63) is 29.1 Å². The molecule has 1 rings (SSSR count). The third-order valence-corrected chi connectivity index (χ3v) is 3.51. The summed E-state index contributed by atoms with van der Waals surface area (Å²) in [7, 11) is -3.70. The highest BCUT2D eigenvalue weighted by Crippen LogP contribution is 2.25. The summed E-state index contributed by atoms with van der Waals surface area (Å²) in [6.07, 6.45) is 0.915. The fourth-order valence-electron chi connectivity index (χ4n) is 1.47. The van der Waals surface area contributed by atoms with Crippen LogP contribution in [0.25, 0.3) is 0 Å². The Labute approximate surface area is 99.5 Å². The number of sulfone groups is 1. The molecule has 0 fully saturated rings. The molecule has 1 amide bonds. The molecule has 4 nitrogen and oxygen atoms in total. The van der Waals surface area contributed by atoms with Crippen LogP contribution in [0.5, 0.6) is 0 Å². The second-order valence-corrected chi connectivity index (χ2v) is 6.15. The third-order valence-electron chi connectivity index (χ3n) is 2.39. The average Bonchev–Trinajstić information content (AvgIpc) is 2.14. The quantitative estimate of drug-likeness (QED) is 0.892. The minimum absolute atomic E-state index is 0.0491. The standard InChI is InChI=1S/C11H14FNO3S/c1-6(2)7-4-8(12)10(11(13)14)9(5-7)17(3,15)16/h4-6H,1-3H3,(H2,13,14). The van der Waals surface area contributed by atoms with Gasteiger partial charge in [-0.25, -0.2) is 12.8 Å².